The van der Waals surface area contributed by atoms with Crippen LogP contribution in [0.25, 0.3) is 0 Å². The second-order valence-corrected chi connectivity index (χ2v) is 5.59. The Labute approximate surface area is 107 Å². The lowest BCUT2D eigenvalue weighted by molar-refractivity contribution is -0.139. The molecule has 1 heterocycles. The minimum atomic E-state index is -0.826. The Bertz CT molecular complexity index is 470. The lowest BCUT2D eigenvalue weighted by Gasteiger charge is -2.45. The molecule has 1 unspecified atom stereocenters. The van der Waals surface area contributed by atoms with Crippen molar-refractivity contribution < 1.29 is 14.6 Å². The fourth-order valence-electron chi connectivity index (χ4n) is 2.94. The zero-order valence-corrected chi connectivity index (χ0v) is 10.8. The highest BCUT2D eigenvalue weighted by atomic mass is 16.5. The zero-order valence-electron chi connectivity index (χ0n) is 10.8. The van der Waals surface area contributed by atoms with Crippen LogP contribution in [0.4, 0.5) is 0 Å². The lowest BCUT2D eigenvalue weighted by Crippen LogP contribution is -2.49. The van der Waals surface area contributed by atoms with E-state index in [0.717, 1.165) is 11.3 Å². The largest absolute Gasteiger partial charge is 0.488 e. The maximum Gasteiger partial charge on any atom is 0.304 e. The van der Waals surface area contributed by atoms with E-state index in [-0.39, 0.29) is 6.42 Å². The van der Waals surface area contributed by atoms with E-state index < -0.39 is 17.0 Å². The van der Waals surface area contributed by atoms with Gasteiger partial charge in [0.05, 0.1) is 6.42 Å². The molecule has 4 heteroatoms. The van der Waals surface area contributed by atoms with E-state index in [2.05, 4.69) is 0 Å². The Morgan fingerprint density at radius 1 is 1.44 bits per heavy atom. The van der Waals surface area contributed by atoms with Crippen LogP contribution in [0.1, 0.15) is 32.3 Å². The minimum Gasteiger partial charge on any atom is -0.488 e. The predicted octanol–water partition coefficient (Wildman–Crippen LogP) is 1.92. The number of benzene rings is 1. The number of rotatable bonds is 3. The molecule has 0 radical (unpaired) electrons. The van der Waals surface area contributed by atoms with Crippen molar-refractivity contribution in [1.82, 2.24) is 0 Å². The molecular formula is C14H19NO3. The van der Waals surface area contributed by atoms with Crippen molar-refractivity contribution in [3.63, 3.8) is 0 Å². The highest BCUT2D eigenvalue weighted by Gasteiger charge is 2.45. The van der Waals surface area contributed by atoms with Crippen molar-refractivity contribution in [1.29, 1.82) is 0 Å². The molecule has 0 bridgehead atoms. The van der Waals surface area contributed by atoms with Crippen LogP contribution >= 0.6 is 0 Å². The van der Waals surface area contributed by atoms with Gasteiger partial charge in [0.2, 0.25) is 0 Å². The maximum atomic E-state index is 11.2. The molecule has 0 amide bonds. The number of nitrogens with two attached hydrogens (primary N) is 1. The summed E-state index contributed by atoms with van der Waals surface area (Å²) in [5, 5.41) is 9.16. The molecule has 4 nitrogen and oxygen atoms in total. The van der Waals surface area contributed by atoms with Crippen molar-refractivity contribution in [2.24, 2.45) is 5.73 Å². The van der Waals surface area contributed by atoms with Crippen molar-refractivity contribution in [3.05, 3.63) is 29.8 Å². The molecule has 1 atom stereocenters. The first kappa shape index (κ1) is 12.9. The summed E-state index contributed by atoms with van der Waals surface area (Å²) in [7, 11) is 0. The summed E-state index contributed by atoms with van der Waals surface area (Å²) >= 11 is 0. The van der Waals surface area contributed by atoms with E-state index >= 15 is 0 Å². The third-order valence-electron chi connectivity index (χ3n) is 3.49. The van der Waals surface area contributed by atoms with Gasteiger partial charge in [0, 0.05) is 17.5 Å². The number of ether oxygens (including phenoxy) is 1. The summed E-state index contributed by atoms with van der Waals surface area (Å²) < 4.78 is 5.91. The van der Waals surface area contributed by atoms with Crippen LogP contribution in [0.3, 0.4) is 0 Å². The van der Waals surface area contributed by atoms with Crippen molar-refractivity contribution >= 4 is 5.97 Å². The Kier molecular flexibility index (Phi) is 3.07. The van der Waals surface area contributed by atoms with Gasteiger partial charge in [-0.05, 0) is 26.3 Å². The van der Waals surface area contributed by atoms with Gasteiger partial charge in [0.15, 0.2) is 0 Å². The van der Waals surface area contributed by atoms with E-state index in [4.69, 9.17) is 15.6 Å². The fraction of sp³-hybridized carbons (Fsp3) is 0.500. The molecule has 18 heavy (non-hydrogen) atoms. The van der Waals surface area contributed by atoms with Crippen LogP contribution in [0, 0.1) is 0 Å². The Morgan fingerprint density at radius 3 is 2.72 bits per heavy atom. The van der Waals surface area contributed by atoms with Gasteiger partial charge in [-0.15, -0.1) is 0 Å². The third kappa shape index (κ3) is 2.20. The summed E-state index contributed by atoms with van der Waals surface area (Å²) in [6, 6.07) is 7.58. The third-order valence-corrected chi connectivity index (χ3v) is 3.49. The molecule has 0 fully saturated rings. The van der Waals surface area contributed by atoms with Crippen LogP contribution in [-0.2, 0) is 10.2 Å². The first-order chi connectivity index (χ1) is 8.38. The number of hydrogen-bond donors (Lipinski definition) is 2. The maximum absolute atomic E-state index is 11.2. The summed E-state index contributed by atoms with van der Waals surface area (Å²) in [5.74, 6) is -0.0756. The molecule has 2 rings (SSSR count). The van der Waals surface area contributed by atoms with Crippen LogP contribution in [0.2, 0.25) is 0 Å². The first-order valence-electron chi connectivity index (χ1n) is 6.09. The van der Waals surface area contributed by atoms with E-state index in [1.807, 2.05) is 38.1 Å². The SMILES string of the molecule is CC1(C)CC(CN)(CC(=O)O)c2ccccc2O1. The van der Waals surface area contributed by atoms with Gasteiger partial charge in [-0.1, -0.05) is 18.2 Å². The molecule has 1 aromatic rings. The molecule has 1 aromatic carbocycles. The summed E-state index contributed by atoms with van der Waals surface area (Å²) in [4.78, 5) is 11.2. The molecule has 0 spiro atoms. The monoisotopic (exact) mass is 249 g/mol. The molecular weight excluding hydrogens is 230 g/mol. The van der Waals surface area contributed by atoms with Gasteiger partial charge in [-0.3, -0.25) is 4.79 Å². The minimum absolute atomic E-state index is 0.0350. The number of hydrogen-bond acceptors (Lipinski definition) is 3. The Balaban J connectivity index is 2.54. The molecule has 3 N–H and O–H groups in total. The number of para-hydroxylation sites is 1. The van der Waals surface area contributed by atoms with Crippen molar-refractivity contribution in [2.45, 2.75) is 37.7 Å². The predicted molar refractivity (Wildman–Crippen MR) is 68.8 cm³/mol. The quantitative estimate of drug-likeness (QED) is 0.858. The van der Waals surface area contributed by atoms with Crippen LogP contribution in [0.15, 0.2) is 24.3 Å². The molecule has 0 saturated carbocycles. The van der Waals surface area contributed by atoms with Gasteiger partial charge in [-0.2, -0.15) is 0 Å². The zero-order chi connectivity index (χ0) is 13.4. The number of carboxylic acid groups (broad SMARTS) is 1. The summed E-state index contributed by atoms with van der Waals surface area (Å²) in [5.41, 5.74) is 5.88. The highest BCUT2D eigenvalue weighted by molar-refractivity contribution is 5.70. The average molecular weight is 249 g/mol. The molecule has 1 aliphatic rings. The lowest BCUT2D eigenvalue weighted by atomic mass is 9.68. The van der Waals surface area contributed by atoms with Gasteiger partial charge >= 0.3 is 5.97 Å². The Hall–Kier alpha value is -1.55. The fourth-order valence-corrected chi connectivity index (χ4v) is 2.94. The number of fused-ring (bicyclic) bond motifs is 1. The molecule has 0 saturated heterocycles. The van der Waals surface area contributed by atoms with Crippen LogP contribution < -0.4 is 10.5 Å². The molecule has 0 aromatic heterocycles. The molecule has 98 valence electrons. The first-order valence-corrected chi connectivity index (χ1v) is 6.09. The number of aliphatic carboxylic acids is 1. The standard InChI is InChI=1S/C14H19NO3/c1-13(2)8-14(9-15,7-12(16)17)10-5-3-4-6-11(10)18-13/h3-6H,7-9,15H2,1-2H3,(H,16,17). The van der Waals surface area contributed by atoms with E-state index in [9.17, 15) is 4.79 Å². The van der Waals surface area contributed by atoms with Crippen LogP contribution in [0.5, 0.6) is 5.75 Å². The Morgan fingerprint density at radius 2 is 2.11 bits per heavy atom. The normalized spacial score (nSPS) is 25.1. The van der Waals surface area contributed by atoms with Gasteiger partial charge in [-0.25, -0.2) is 0 Å². The topological polar surface area (TPSA) is 72.6 Å². The summed E-state index contributed by atoms with van der Waals surface area (Å²) in [6.07, 6.45) is 0.646. The van der Waals surface area contributed by atoms with E-state index in [1.54, 1.807) is 0 Å². The van der Waals surface area contributed by atoms with Gasteiger partial charge in [0.25, 0.3) is 0 Å². The van der Waals surface area contributed by atoms with E-state index in [1.165, 1.54) is 0 Å². The van der Waals surface area contributed by atoms with Crippen molar-refractivity contribution in [2.75, 3.05) is 6.54 Å². The number of carboxylic acids is 1. The average Bonchev–Trinajstić information content (AvgIpc) is 2.26. The van der Waals surface area contributed by atoms with E-state index in [0.29, 0.717) is 13.0 Å². The molecule has 1 aliphatic heterocycles. The highest BCUT2D eigenvalue weighted by Crippen LogP contribution is 2.46. The number of carbonyl (C=O) groups is 1. The second kappa shape index (κ2) is 4.28. The van der Waals surface area contributed by atoms with Gasteiger partial charge < -0.3 is 15.6 Å². The van der Waals surface area contributed by atoms with Crippen molar-refractivity contribution in [3.8, 4) is 5.75 Å². The van der Waals surface area contributed by atoms with Gasteiger partial charge in [0.1, 0.15) is 11.4 Å². The molecule has 0 aliphatic carbocycles. The summed E-state index contributed by atoms with van der Waals surface area (Å²) in [6.45, 7) is 4.24. The second-order valence-electron chi connectivity index (χ2n) is 5.59. The smallest absolute Gasteiger partial charge is 0.304 e. The van der Waals surface area contributed by atoms with Crippen LogP contribution in [-0.4, -0.2) is 23.2 Å².